The Bertz CT molecular complexity index is 1170. The molecule has 4 rings (SSSR count). The van der Waals surface area contributed by atoms with E-state index in [4.69, 9.17) is 9.47 Å². The Morgan fingerprint density at radius 3 is 2.56 bits per heavy atom. The lowest BCUT2D eigenvalue weighted by Gasteiger charge is -2.11. The standard InChI is InChI=1S/C23H22N4O3S2/c1-29-18-10-8-17(9-11-18)27-21(14-20-7-4-12-31-20)25-26-23(27)32-15-22(28)24-16-5-3-6-19(13-16)30-2/h3-13H,14-15H2,1-2H3,(H,24,28). The van der Waals surface area contributed by atoms with Crippen molar-refractivity contribution in [2.24, 2.45) is 0 Å². The minimum atomic E-state index is -0.132. The third kappa shape index (κ3) is 5.30. The molecule has 0 saturated carbocycles. The van der Waals surface area contributed by atoms with E-state index in [-0.39, 0.29) is 11.7 Å². The fraction of sp³-hybridized carbons (Fsp3) is 0.174. The van der Waals surface area contributed by atoms with Crippen LogP contribution in [0, 0.1) is 0 Å². The number of ether oxygens (including phenoxy) is 2. The number of carbonyl (C=O) groups excluding carboxylic acids is 1. The number of anilines is 1. The molecule has 9 heteroatoms. The monoisotopic (exact) mass is 466 g/mol. The van der Waals surface area contributed by atoms with Gasteiger partial charge in [-0.25, -0.2) is 0 Å². The second-order valence-electron chi connectivity index (χ2n) is 6.76. The Labute approximate surface area is 194 Å². The van der Waals surface area contributed by atoms with Gasteiger partial charge in [0.15, 0.2) is 5.16 Å². The van der Waals surface area contributed by atoms with E-state index < -0.39 is 0 Å². The molecular formula is C23H22N4O3S2. The lowest BCUT2D eigenvalue weighted by molar-refractivity contribution is -0.113. The van der Waals surface area contributed by atoms with Crippen LogP contribution in [0.4, 0.5) is 5.69 Å². The number of thiophene rings is 1. The first kappa shape index (κ1) is 21.9. The van der Waals surface area contributed by atoms with Gasteiger partial charge in [-0.3, -0.25) is 9.36 Å². The lowest BCUT2D eigenvalue weighted by Crippen LogP contribution is -2.14. The van der Waals surface area contributed by atoms with Gasteiger partial charge in [-0.15, -0.1) is 21.5 Å². The highest BCUT2D eigenvalue weighted by Crippen LogP contribution is 2.26. The number of methoxy groups -OCH3 is 2. The molecule has 0 radical (unpaired) electrons. The number of thioether (sulfide) groups is 1. The minimum absolute atomic E-state index is 0.132. The molecule has 0 spiro atoms. The molecule has 1 N–H and O–H groups in total. The minimum Gasteiger partial charge on any atom is -0.497 e. The normalized spacial score (nSPS) is 10.7. The van der Waals surface area contributed by atoms with Crippen molar-refractivity contribution in [1.29, 1.82) is 0 Å². The van der Waals surface area contributed by atoms with Gasteiger partial charge in [0.05, 0.1) is 20.0 Å². The average Bonchev–Trinajstić information content (AvgIpc) is 3.48. The second-order valence-corrected chi connectivity index (χ2v) is 8.73. The summed E-state index contributed by atoms with van der Waals surface area (Å²) in [5, 5.41) is 14.4. The van der Waals surface area contributed by atoms with Crippen LogP contribution in [0.1, 0.15) is 10.7 Å². The highest BCUT2D eigenvalue weighted by atomic mass is 32.2. The number of hydrogen-bond acceptors (Lipinski definition) is 7. The van der Waals surface area contributed by atoms with Crippen molar-refractivity contribution in [2.45, 2.75) is 11.6 Å². The van der Waals surface area contributed by atoms with E-state index in [1.807, 2.05) is 58.5 Å². The maximum atomic E-state index is 12.5. The highest BCUT2D eigenvalue weighted by Gasteiger charge is 2.17. The third-order valence-corrected chi connectivity index (χ3v) is 6.43. The number of carbonyl (C=O) groups is 1. The number of amides is 1. The number of nitrogens with one attached hydrogen (secondary N) is 1. The van der Waals surface area contributed by atoms with Gasteiger partial charge in [-0.2, -0.15) is 0 Å². The molecular weight excluding hydrogens is 444 g/mol. The van der Waals surface area contributed by atoms with E-state index in [1.54, 1.807) is 31.6 Å². The van der Waals surface area contributed by atoms with Crippen LogP contribution in [0.15, 0.2) is 71.2 Å². The first-order valence-corrected chi connectivity index (χ1v) is 11.7. The summed E-state index contributed by atoms with van der Waals surface area (Å²) in [7, 11) is 3.23. The Morgan fingerprint density at radius 1 is 1.03 bits per heavy atom. The van der Waals surface area contributed by atoms with Gasteiger partial charge < -0.3 is 14.8 Å². The van der Waals surface area contributed by atoms with E-state index in [0.29, 0.717) is 23.0 Å². The van der Waals surface area contributed by atoms with Crippen molar-refractivity contribution >= 4 is 34.7 Å². The van der Waals surface area contributed by atoms with Crippen molar-refractivity contribution in [3.8, 4) is 17.2 Å². The summed E-state index contributed by atoms with van der Waals surface area (Å²) in [6.45, 7) is 0. The van der Waals surface area contributed by atoms with E-state index in [9.17, 15) is 4.79 Å². The first-order valence-electron chi connectivity index (χ1n) is 9.84. The molecule has 164 valence electrons. The summed E-state index contributed by atoms with van der Waals surface area (Å²) in [5.41, 5.74) is 1.60. The van der Waals surface area contributed by atoms with Crippen LogP contribution in [0.25, 0.3) is 5.69 Å². The Balaban J connectivity index is 1.53. The van der Waals surface area contributed by atoms with E-state index in [1.165, 1.54) is 16.6 Å². The van der Waals surface area contributed by atoms with Crippen molar-refractivity contribution in [1.82, 2.24) is 14.8 Å². The summed E-state index contributed by atoms with van der Waals surface area (Å²) in [4.78, 5) is 13.7. The molecule has 0 aliphatic rings. The van der Waals surface area contributed by atoms with Gasteiger partial charge in [0.25, 0.3) is 0 Å². The molecule has 0 bridgehead atoms. The van der Waals surface area contributed by atoms with Gasteiger partial charge in [-0.1, -0.05) is 23.9 Å². The van der Waals surface area contributed by atoms with Crippen LogP contribution in [-0.4, -0.2) is 40.6 Å². The van der Waals surface area contributed by atoms with Crippen LogP contribution in [0.5, 0.6) is 11.5 Å². The molecule has 32 heavy (non-hydrogen) atoms. The zero-order chi connectivity index (χ0) is 22.3. The predicted molar refractivity (Wildman–Crippen MR) is 127 cm³/mol. The molecule has 2 aromatic heterocycles. The molecule has 0 atom stereocenters. The molecule has 2 heterocycles. The number of aromatic nitrogens is 3. The van der Waals surface area contributed by atoms with Crippen molar-refractivity contribution in [3.63, 3.8) is 0 Å². The maximum absolute atomic E-state index is 12.5. The highest BCUT2D eigenvalue weighted by molar-refractivity contribution is 7.99. The summed E-state index contributed by atoms with van der Waals surface area (Å²) >= 11 is 3.02. The van der Waals surface area contributed by atoms with Crippen LogP contribution in [0.3, 0.4) is 0 Å². The zero-order valence-corrected chi connectivity index (χ0v) is 19.3. The Kier molecular flexibility index (Phi) is 7.08. The molecule has 1 amide bonds. The fourth-order valence-electron chi connectivity index (χ4n) is 3.10. The Morgan fingerprint density at radius 2 is 1.84 bits per heavy atom. The summed E-state index contributed by atoms with van der Waals surface area (Å²) in [6.07, 6.45) is 0.660. The van der Waals surface area contributed by atoms with Crippen LogP contribution >= 0.6 is 23.1 Å². The van der Waals surface area contributed by atoms with Gasteiger partial charge in [0.1, 0.15) is 17.3 Å². The van der Waals surface area contributed by atoms with E-state index >= 15 is 0 Å². The van der Waals surface area contributed by atoms with Crippen LogP contribution in [0.2, 0.25) is 0 Å². The topological polar surface area (TPSA) is 78.3 Å². The molecule has 0 saturated heterocycles. The van der Waals surface area contributed by atoms with Crippen molar-refractivity contribution in [2.75, 3.05) is 25.3 Å². The van der Waals surface area contributed by atoms with E-state index in [0.717, 1.165) is 17.3 Å². The fourth-order valence-corrected chi connectivity index (χ4v) is 4.57. The number of hydrogen-bond donors (Lipinski definition) is 1. The molecule has 0 unspecified atom stereocenters. The largest absolute Gasteiger partial charge is 0.497 e. The maximum Gasteiger partial charge on any atom is 0.234 e. The number of nitrogens with zero attached hydrogens (tertiary/aromatic N) is 3. The molecule has 2 aromatic carbocycles. The predicted octanol–water partition coefficient (Wildman–Crippen LogP) is 4.67. The molecule has 0 aliphatic carbocycles. The number of rotatable bonds is 9. The lowest BCUT2D eigenvalue weighted by atomic mass is 10.2. The third-order valence-electron chi connectivity index (χ3n) is 4.63. The summed E-state index contributed by atoms with van der Waals surface area (Å²) in [5.74, 6) is 2.34. The van der Waals surface area contributed by atoms with Gasteiger partial charge in [0, 0.05) is 28.7 Å². The van der Waals surface area contributed by atoms with Crippen LogP contribution < -0.4 is 14.8 Å². The van der Waals surface area contributed by atoms with Gasteiger partial charge in [-0.05, 0) is 47.8 Å². The first-order chi connectivity index (χ1) is 15.7. The van der Waals surface area contributed by atoms with Crippen molar-refractivity contribution < 1.29 is 14.3 Å². The quantitative estimate of drug-likeness (QED) is 0.361. The summed E-state index contributed by atoms with van der Waals surface area (Å²) < 4.78 is 12.5. The SMILES string of the molecule is COc1ccc(-n2c(Cc3cccs3)nnc2SCC(=O)Nc2cccc(OC)c2)cc1. The van der Waals surface area contributed by atoms with Crippen LogP contribution in [-0.2, 0) is 11.2 Å². The number of benzene rings is 2. The summed E-state index contributed by atoms with van der Waals surface area (Å²) in [6, 6.07) is 19.1. The second kappa shape index (κ2) is 10.3. The van der Waals surface area contributed by atoms with Crippen molar-refractivity contribution in [3.05, 3.63) is 76.7 Å². The average molecular weight is 467 g/mol. The Hall–Kier alpha value is -3.30. The zero-order valence-electron chi connectivity index (χ0n) is 17.6. The van der Waals surface area contributed by atoms with Gasteiger partial charge in [0.2, 0.25) is 5.91 Å². The molecule has 4 aromatic rings. The molecule has 0 fully saturated rings. The molecule has 0 aliphatic heterocycles. The molecule has 7 nitrogen and oxygen atoms in total. The smallest absolute Gasteiger partial charge is 0.234 e. The van der Waals surface area contributed by atoms with Gasteiger partial charge >= 0.3 is 0 Å². The van der Waals surface area contributed by atoms with E-state index in [2.05, 4.69) is 21.6 Å².